The van der Waals surface area contributed by atoms with E-state index in [2.05, 4.69) is 0 Å². The molecule has 2 saturated heterocycles. The molecule has 15 nitrogen and oxygen atoms in total. The molecule has 44 heavy (non-hydrogen) atoms. The maximum atomic E-state index is 12.4. The third-order valence-electron chi connectivity index (χ3n) is 7.26. The van der Waals surface area contributed by atoms with Crippen LogP contribution >= 0.6 is 0 Å². The maximum Gasteiger partial charge on any atom is 0.330 e. The minimum Gasteiger partial charge on any atom is -0.504 e. The first kappa shape index (κ1) is 33.4. The molecule has 0 unspecified atom stereocenters. The van der Waals surface area contributed by atoms with E-state index in [9.17, 15) is 50.8 Å². The van der Waals surface area contributed by atoms with Crippen LogP contribution in [0, 0.1) is 0 Å². The smallest absolute Gasteiger partial charge is 0.330 e. The number of aliphatic hydroxyl groups excluding tert-OH is 5. The zero-order chi connectivity index (χ0) is 32.1. The fourth-order valence-electron chi connectivity index (χ4n) is 4.66. The molecule has 9 N–H and O–H groups in total. The number of ether oxygens (including phenoxy) is 5. The summed E-state index contributed by atoms with van der Waals surface area (Å²) in [6.45, 7) is 0.804. The second-order valence-electron chi connectivity index (χ2n) is 10.5. The molecule has 10 atom stereocenters. The quantitative estimate of drug-likeness (QED) is 0.0873. The van der Waals surface area contributed by atoms with E-state index in [1.807, 2.05) is 0 Å². The van der Waals surface area contributed by atoms with Gasteiger partial charge in [-0.25, -0.2) is 4.79 Å². The van der Waals surface area contributed by atoms with E-state index < -0.39 is 74.0 Å². The largest absolute Gasteiger partial charge is 0.504 e. The number of aromatic hydroxyl groups is 4. The van der Waals surface area contributed by atoms with E-state index in [-0.39, 0.29) is 36.0 Å². The van der Waals surface area contributed by atoms with Gasteiger partial charge in [-0.15, -0.1) is 0 Å². The molecule has 2 aromatic rings. The third-order valence-corrected chi connectivity index (χ3v) is 7.26. The molecule has 0 aliphatic carbocycles. The Balaban J connectivity index is 1.44. The Labute approximate surface area is 251 Å². The van der Waals surface area contributed by atoms with Crippen molar-refractivity contribution < 1.29 is 74.4 Å². The van der Waals surface area contributed by atoms with Crippen molar-refractivity contribution in [2.24, 2.45) is 0 Å². The summed E-state index contributed by atoms with van der Waals surface area (Å²) in [5.41, 5.74) is 0.962. The average Bonchev–Trinajstić information content (AvgIpc) is 2.99. The number of esters is 1. The number of phenols is 4. The fraction of sp³-hybridized carbons (Fsp3) is 0.483. The monoisotopic (exact) mass is 624 g/mol. The summed E-state index contributed by atoms with van der Waals surface area (Å²) < 4.78 is 27.7. The molecule has 242 valence electrons. The van der Waals surface area contributed by atoms with E-state index in [0.29, 0.717) is 11.1 Å². The first-order chi connectivity index (χ1) is 20.8. The first-order valence-electron chi connectivity index (χ1n) is 13.7. The molecule has 2 aliphatic heterocycles. The summed E-state index contributed by atoms with van der Waals surface area (Å²) in [5.74, 6) is -2.23. The Morgan fingerprint density at radius 3 is 2.16 bits per heavy atom. The Bertz CT molecular complexity index is 1300. The van der Waals surface area contributed by atoms with E-state index in [1.165, 1.54) is 43.3 Å². The molecule has 0 aromatic heterocycles. The van der Waals surface area contributed by atoms with Gasteiger partial charge < -0.3 is 69.6 Å². The highest BCUT2D eigenvalue weighted by atomic mass is 16.7. The third kappa shape index (κ3) is 7.95. The second-order valence-corrected chi connectivity index (χ2v) is 10.5. The van der Waals surface area contributed by atoms with E-state index in [4.69, 9.17) is 23.7 Å². The Hall–Kier alpha value is -3.51. The van der Waals surface area contributed by atoms with Gasteiger partial charge in [0.1, 0.15) is 49.3 Å². The van der Waals surface area contributed by atoms with Crippen LogP contribution < -0.4 is 0 Å². The molecule has 2 aromatic carbocycles. The molecule has 4 rings (SSSR count). The Kier molecular flexibility index (Phi) is 11.0. The number of phenolic OH excluding ortho intramolecular Hbond substituents is 4. The van der Waals surface area contributed by atoms with Crippen molar-refractivity contribution >= 4 is 12.0 Å². The lowest BCUT2D eigenvalue weighted by Gasteiger charge is -2.45. The summed E-state index contributed by atoms with van der Waals surface area (Å²) in [5, 5.41) is 90.8. The van der Waals surface area contributed by atoms with Gasteiger partial charge in [-0.1, -0.05) is 12.1 Å². The van der Waals surface area contributed by atoms with Crippen LogP contribution in [0.4, 0.5) is 0 Å². The normalized spacial score (nSPS) is 32.5. The average molecular weight is 625 g/mol. The summed E-state index contributed by atoms with van der Waals surface area (Å²) in [6, 6.07) is 8.05. The number of hydrogen-bond donors (Lipinski definition) is 9. The van der Waals surface area contributed by atoms with Crippen molar-refractivity contribution in [3.8, 4) is 23.0 Å². The number of hydrogen-bond acceptors (Lipinski definition) is 15. The van der Waals surface area contributed by atoms with E-state index in [1.54, 1.807) is 6.07 Å². The predicted octanol–water partition coefficient (Wildman–Crippen LogP) is -1.02. The molecule has 2 aliphatic rings. The second kappa shape index (κ2) is 14.5. The number of carbonyl (C=O) groups excluding carboxylic acids is 1. The molecule has 0 saturated carbocycles. The maximum absolute atomic E-state index is 12.4. The SMILES string of the molecule is C[C@@H]1O[C@H](O[C@@H]2[C@@H](O)[C@@H](OCCc3ccc(O)c(O)c3)O[C@H](COC(=O)/C=C\c3ccc(O)c(O)c3)[C@H]2O)[C@H](O)[C@H](O)[C@H]1O. The Morgan fingerprint density at radius 2 is 1.48 bits per heavy atom. The highest BCUT2D eigenvalue weighted by Gasteiger charge is 2.50. The zero-order valence-corrected chi connectivity index (χ0v) is 23.5. The molecular weight excluding hydrogens is 588 g/mol. The van der Waals surface area contributed by atoms with Crippen LogP contribution in [0.3, 0.4) is 0 Å². The molecule has 0 bridgehead atoms. The van der Waals surface area contributed by atoms with Crippen molar-refractivity contribution in [3.63, 3.8) is 0 Å². The molecule has 15 heteroatoms. The molecule has 0 radical (unpaired) electrons. The van der Waals surface area contributed by atoms with Crippen LogP contribution in [0.5, 0.6) is 23.0 Å². The van der Waals surface area contributed by atoms with Crippen LogP contribution in [0.15, 0.2) is 42.5 Å². The standard InChI is InChI=1S/C29H36O15/c1-13-22(35)24(37)25(38)29(42-13)44-27-23(36)20(12-41-21(34)7-4-14-2-5-16(30)18(32)10-14)43-28(26(27)39)40-9-8-15-3-6-17(31)19(33)11-15/h2-7,10-11,13,20,22-33,35-39H,8-9,12H2,1H3/b7-4-/t13-,20+,22-,23+,24+,25+,26+,27-,28-,29+/m0/s1. The van der Waals surface area contributed by atoms with Crippen molar-refractivity contribution in [3.05, 3.63) is 53.6 Å². The molecular formula is C29H36O15. The number of carbonyl (C=O) groups is 1. The van der Waals surface area contributed by atoms with Gasteiger partial charge in [0, 0.05) is 6.08 Å². The van der Waals surface area contributed by atoms with Gasteiger partial charge in [0.15, 0.2) is 35.6 Å². The van der Waals surface area contributed by atoms with Gasteiger partial charge in [0.25, 0.3) is 0 Å². The highest BCUT2D eigenvalue weighted by molar-refractivity contribution is 5.87. The summed E-state index contributed by atoms with van der Waals surface area (Å²) in [7, 11) is 0. The van der Waals surface area contributed by atoms with Crippen molar-refractivity contribution in [1.82, 2.24) is 0 Å². The van der Waals surface area contributed by atoms with Crippen molar-refractivity contribution in [2.75, 3.05) is 13.2 Å². The van der Waals surface area contributed by atoms with Gasteiger partial charge in [-0.3, -0.25) is 0 Å². The molecule has 2 fully saturated rings. The van der Waals surface area contributed by atoms with Gasteiger partial charge >= 0.3 is 5.97 Å². The zero-order valence-electron chi connectivity index (χ0n) is 23.5. The topological polar surface area (TPSA) is 245 Å². The minimum absolute atomic E-state index is 0.0754. The highest BCUT2D eigenvalue weighted by Crippen LogP contribution is 2.31. The number of rotatable bonds is 10. The van der Waals surface area contributed by atoms with Crippen molar-refractivity contribution in [1.29, 1.82) is 0 Å². The summed E-state index contributed by atoms with van der Waals surface area (Å²) in [4.78, 5) is 12.4. The van der Waals surface area contributed by atoms with Crippen LogP contribution in [0.2, 0.25) is 0 Å². The minimum atomic E-state index is -1.74. The molecule has 2 heterocycles. The predicted molar refractivity (Wildman–Crippen MR) is 147 cm³/mol. The van der Waals surface area contributed by atoms with E-state index >= 15 is 0 Å². The number of benzene rings is 2. The first-order valence-corrected chi connectivity index (χ1v) is 13.7. The van der Waals surface area contributed by atoms with Gasteiger partial charge in [-0.2, -0.15) is 0 Å². The lowest BCUT2D eigenvalue weighted by Crippen LogP contribution is -2.64. The van der Waals surface area contributed by atoms with Crippen LogP contribution in [0.1, 0.15) is 18.1 Å². The lowest BCUT2D eigenvalue weighted by atomic mass is 9.97. The Morgan fingerprint density at radius 1 is 0.795 bits per heavy atom. The summed E-state index contributed by atoms with van der Waals surface area (Å²) in [6.07, 6.45) is -12.5. The van der Waals surface area contributed by atoms with Crippen molar-refractivity contribution in [2.45, 2.75) is 74.8 Å². The van der Waals surface area contributed by atoms with Crippen LogP contribution in [-0.2, 0) is 34.9 Å². The fourth-order valence-corrected chi connectivity index (χ4v) is 4.66. The molecule has 0 amide bonds. The van der Waals surface area contributed by atoms with Crippen LogP contribution in [-0.4, -0.2) is 127 Å². The van der Waals surface area contributed by atoms with Gasteiger partial charge in [0.2, 0.25) is 0 Å². The van der Waals surface area contributed by atoms with E-state index in [0.717, 1.165) is 6.08 Å². The van der Waals surface area contributed by atoms with Crippen LogP contribution in [0.25, 0.3) is 6.08 Å². The number of aliphatic hydroxyl groups is 5. The summed E-state index contributed by atoms with van der Waals surface area (Å²) >= 11 is 0. The van der Waals surface area contributed by atoms with Gasteiger partial charge in [0.05, 0.1) is 12.7 Å². The molecule has 0 spiro atoms. The lowest BCUT2D eigenvalue weighted by molar-refractivity contribution is -0.357. The van der Waals surface area contributed by atoms with Gasteiger partial charge in [-0.05, 0) is 54.8 Å².